The fourth-order valence-electron chi connectivity index (χ4n) is 3.96. The van der Waals surface area contributed by atoms with Gasteiger partial charge in [0.1, 0.15) is 5.82 Å². The molecule has 2 heterocycles. The molecule has 0 saturated carbocycles. The molecular weight excluding hydrogens is 386 g/mol. The van der Waals surface area contributed by atoms with Crippen molar-refractivity contribution in [2.75, 3.05) is 23.4 Å². The number of benzene rings is 2. The van der Waals surface area contributed by atoms with Crippen molar-refractivity contribution >= 4 is 23.2 Å². The average molecular weight is 416 g/mol. The highest BCUT2D eigenvalue weighted by Crippen LogP contribution is 2.34. The van der Waals surface area contributed by atoms with Gasteiger partial charge in [-0.2, -0.15) is 0 Å². The van der Waals surface area contributed by atoms with Crippen LogP contribution in [-0.4, -0.2) is 24.1 Å². The lowest BCUT2D eigenvalue weighted by atomic mass is 9.99. The summed E-state index contributed by atoms with van der Waals surface area (Å²) < 4.78 is 4.97. The first-order valence-corrected chi connectivity index (χ1v) is 11.0. The van der Waals surface area contributed by atoms with Gasteiger partial charge in [-0.3, -0.25) is 4.79 Å². The highest BCUT2D eigenvalue weighted by Gasteiger charge is 2.18. The number of anilines is 3. The molecule has 5 heteroatoms. The number of aromatic nitrogens is 1. The molecule has 1 N–H and O–H groups in total. The molecule has 0 bridgehead atoms. The fourth-order valence-corrected chi connectivity index (χ4v) is 3.96. The van der Waals surface area contributed by atoms with Gasteiger partial charge in [-0.25, -0.2) is 4.98 Å². The fraction of sp³-hybridized carbons (Fsp3) is 0.308. The van der Waals surface area contributed by atoms with Crippen LogP contribution in [0.25, 0.3) is 0 Å². The summed E-state index contributed by atoms with van der Waals surface area (Å²) in [6.07, 6.45) is 5.15. The first kappa shape index (κ1) is 20.9. The Bertz CT molecular complexity index is 1000. The Balaban J connectivity index is 1.39. The van der Waals surface area contributed by atoms with E-state index in [4.69, 9.17) is 4.74 Å². The van der Waals surface area contributed by atoms with Crippen molar-refractivity contribution in [2.45, 2.75) is 39.2 Å². The third kappa shape index (κ3) is 5.43. The minimum Gasteiger partial charge on any atom is -0.466 e. The summed E-state index contributed by atoms with van der Waals surface area (Å²) >= 11 is 0. The molecule has 0 aliphatic carbocycles. The van der Waals surface area contributed by atoms with E-state index in [1.54, 1.807) is 0 Å². The van der Waals surface area contributed by atoms with Crippen molar-refractivity contribution in [3.05, 3.63) is 83.6 Å². The molecule has 4 rings (SSSR count). The Morgan fingerprint density at radius 2 is 1.94 bits per heavy atom. The Morgan fingerprint density at radius 3 is 2.71 bits per heavy atom. The lowest BCUT2D eigenvalue weighted by Crippen LogP contribution is -2.24. The second kappa shape index (κ2) is 10.1. The number of nitrogens with zero attached hydrogens (tertiary/aromatic N) is 2. The number of aryl methyl sites for hydroxylation is 2. The van der Waals surface area contributed by atoms with Crippen LogP contribution in [0.15, 0.2) is 66.9 Å². The van der Waals surface area contributed by atoms with Crippen LogP contribution in [0.4, 0.5) is 17.2 Å². The number of esters is 1. The largest absolute Gasteiger partial charge is 0.466 e. The van der Waals surface area contributed by atoms with Crippen LogP contribution in [0.1, 0.15) is 36.5 Å². The molecule has 0 spiro atoms. The molecule has 0 amide bonds. The number of pyridine rings is 1. The first-order valence-electron chi connectivity index (χ1n) is 11.0. The summed E-state index contributed by atoms with van der Waals surface area (Å²) in [5.74, 6) is 0.666. The van der Waals surface area contributed by atoms with Crippen molar-refractivity contribution in [3.63, 3.8) is 0 Å². The van der Waals surface area contributed by atoms with E-state index in [1.165, 1.54) is 28.9 Å². The number of rotatable bonds is 8. The topological polar surface area (TPSA) is 54.5 Å². The van der Waals surface area contributed by atoms with Gasteiger partial charge in [-0.1, -0.05) is 36.4 Å². The second-order valence-corrected chi connectivity index (χ2v) is 7.76. The molecule has 31 heavy (non-hydrogen) atoms. The molecule has 1 aromatic heterocycles. The van der Waals surface area contributed by atoms with Gasteiger partial charge in [-0.05, 0) is 67.1 Å². The van der Waals surface area contributed by atoms with E-state index in [9.17, 15) is 4.79 Å². The molecule has 3 aromatic rings. The molecule has 0 atom stereocenters. The van der Waals surface area contributed by atoms with Crippen LogP contribution >= 0.6 is 0 Å². The number of nitrogens with one attached hydrogen (secondary N) is 1. The van der Waals surface area contributed by atoms with E-state index in [0.717, 1.165) is 24.3 Å². The lowest BCUT2D eigenvalue weighted by Gasteiger charge is -2.32. The molecule has 2 aromatic carbocycles. The van der Waals surface area contributed by atoms with Crippen molar-refractivity contribution < 1.29 is 9.53 Å². The highest BCUT2D eigenvalue weighted by atomic mass is 16.5. The van der Waals surface area contributed by atoms with E-state index < -0.39 is 0 Å². The SMILES string of the molecule is CCOC(=O)CCc1ccc(NCc2ccc3c(c2)N(c2ccccc2)CCC3)nc1. The van der Waals surface area contributed by atoms with Crippen LogP contribution < -0.4 is 10.2 Å². The molecule has 0 unspecified atom stereocenters. The van der Waals surface area contributed by atoms with E-state index in [2.05, 4.69) is 63.7 Å². The number of carbonyl (C=O) groups is 1. The maximum absolute atomic E-state index is 11.5. The van der Waals surface area contributed by atoms with Gasteiger partial charge in [0.25, 0.3) is 0 Å². The van der Waals surface area contributed by atoms with Gasteiger partial charge in [0.05, 0.1) is 6.61 Å². The highest BCUT2D eigenvalue weighted by molar-refractivity contribution is 5.70. The number of fused-ring (bicyclic) bond motifs is 1. The Labute approximate surface area is 184 Å². The predicted octanol–water partition coefficient (Wildman–Crippen LogP) is 5.27. The van der Waals surface area contributed by atoms with Crippen molar-refractivity contribution in [1.82, 2.24) is 4.98 Å². The number of hydrogen-bond acceptors (Lipinski definition) is 5. The minimum absolute atomic E-state index is 0.165. The summed E-state index contributed by atoms with van der Waals surface area (Å²) in [7, 11) is 0. The minimum atomic E-state index is -0.165. The summed E-state index contributed by atoms with van der Waals surface area (Å²) in [6, 6.07) is 21.3. The molecule has 160 valence electrons. The maximum Gasteiger partial charge on any atom is 0.306 e. The number of carbonyl (C=O) groups excluding carboxylic acids is 1. The van der Waals surface area contributed by atoms with Crippen LogP contribution in [0.3, 0.4) is 0 Å². The van der Waals surface area contributed by atoms with Gasteiger partial charge in [-0.15, -0.1) is 0 Å². The summed E-state index contributed by atoms with van der Waals surface area (Å²) in [4.78, 5) is 18.4. The van der Waals surface area contributed by atoms with Gasteiger partial charge in [0.15, 0.2) is 0 Å². The van der Waals surface area contributed by atoms with Crippen molar-refractivity contribution in [3.8, 4) is 0 Å². The van der Waals surface area contributed by atoms with Crippen LogP contribution in [0.2, 0.25) is 0 Å². The molecular formula is C26H29N3O2. The third-order valence-corrected chi connectivity index (χ3v) is 5.56. The van der Waals surface area contributed by atoms with Gasteiger partial charge < -0.3 is 15.0 Å². The predicted molar refractivity (Wildman–Crippen MR) is 125 cm³/mol. The Kier molecular flexibility index (Phi) is 6.82. The van der Waals surface area contributed by atoms with E-state index >= 15 is 0 Å². The van der Waals surface area contributed by atoms with E-state index in [0.29, 0.717) is 26.0 Å². The van der Waals surface area contributed by atoms with Crippen molar-refractivity contribution in [2.24, 2.45) is 0 Å². The molecule has 0 fully saturated rings. The quantitative estimate of drug-likeness (QED) is 0.508. The standard InChI is InChI=1S/C26H29N3O2/c1-2-31-26(30)15-12-20-11-14-25(27-18-20)28-19-21-10-13-22-7-6-16-29(24(22)17-21)23-8-4-3-5-9-23/h3-5,8-11,13-14,17-18H,2,6-7,12,15-16,19H2,1H3,(H,27,28). The van der Waals surface area contributed by atoms with E-state index in [1.807, 2.05) is 25.3 Å². The summed E-state index contributed by atoms with van der Waals surface area (Å²) in [5.41, 5.74) is 6.22. The van der Waals surface area contributed by atoms with Gasteiger partial charge >= 0.3 is 5.97 Å². The molecule has 0 saturated heterocycles. The smallest absolute Gasteiger partial charge is 0.306 e. The zero-order chi connectivity index (χ0) is 21.5. The third-order valence-electron chi connectivity index (χ3n) is 5.56. The van der Waals surface area contributed by atoms with Crippen molar-refractivity contribution in [1.29, 1.82) is 0 Å². The van der Waals surface area contributed by atoms with Gasteiger partial charge in [0.2, 0.25) is 0 Å². The first-order chi connectivity index (χ1) is 15.2. The van der Waals surface area contributed by atoms with Crippen LogP contribution in [0, 0.1) is 0 Å². The Morgan fingerprint density at radius 1 is 1.10 bits per heavy atom. The zero-order valence-corrected chi connectivity index (χ0v) is 18.0. The lowest BCUT2D eigenvalue weighted by molar-refractivity contribution is -0.143. The Hall–Kier alpha value is -3.34. The molecule has 1 aliphatic rings. The second-order valence-electron chi connectivity index (χ2n) is 7.76. The number of hydrogen-bond donors (Lipinski definition) is 1. The monoisotopic (exact) mass is 415 g/mol. The van der Waals surface area contributed by atoms with Crippen LogP contribution in [0.5, 0.6) is 0 Å². The molecule has 1 aliphatic heterocycles. The maximum atomic E-state index is 11.5. The summed E-state index contributed by atoms with van der Waals surface area (Å²) in [6.45, 7) is 4.00. The normalized spacial score (nSPS) is 12.9. The number of para-hydroxylation sites is 1. The van der Waals surface area contributed by atoms with E-state index in [-0.39, 0.29) is 5.97 Å². The summed E-state index contributed by atoms with van der Waals surface area (Å²) in [5, 5.41) is 3.41. The zero-order valence-electron chi connectivity index (χ0n) is 18.0. The molecule has 5 nitrogen and oxygen atoms in total. The average Bonchev–Trinajstić information content (AvgIpc) is 2.82. The number of ether oxygens (including phenoxy) is 1. The molecule has 0 radical (unpaired) electrons. The van der Waals surface area contributed by atoms with Crippen LogP contribution in [-0.2, 0) is 28.9 Å². The van der Waals surface area contributed by atoms with Gasteiger partial charge in [0, 0.05) is 37.1 Å².